The SMILES string of the molecule is CCN(Cc1ccc(C)o1)C(=O)c1cc(CN2CCOCC2)on1. The van der Waals surface area contributed by atoms with Crippen molar-refractivity contribution in [3.63, 3.8) is 0 Å². The van der Waals surface area contributed by atoms with E-state index in [1.807, 2.05) is 26.0 Å². The Labute approximate surface area is 141 Å². The molecule has 1 fully saturated rings. The van der Waals surface area contributed by atoms with E-state index in [-0.39, 0.29) is 5.91 Å². The van der Waals surface area contributed by atoms with E-state index in [0.717, 1.165) is 37.8 Å². The van der Waals surface area contributed by atoms with E-state index < -0.39 is 0 Å². The van der Waals surface area contributed by atoms with Crippen molar-refractivity contribution in [1.29, 1.82) is 0 Å². The van der Waals surface area contributed by atoms with Crippen LogP contribution in [0.4, 0.5) is 0 Å². The number of rotatable bonds is 6. The van der Waals surface area contributed by atoms with Crippen LogP contribution in [0.2, 0.25) is 0 Å². The van der Waals surface area contributed by atoms with Gasteiger partial charge in [0.05, 0.1) is 26.3 Å². The molecule has 0 radical (unpaired) electrons. The lowest BCUT2D eigenvalue weighted by Gasteiger charge is -2.25. The van der Waals surface area contributed by atoms with Crippen molar-refractivity contribution in [3.8, 4) is 0 Å². The van der Waals surface area contributed by atoms with Gasteiger partial charge in [0, 0.05) is 25.7 Å². The lowest BCUT2D eigenvalue weighted by molar-refractivity contribution is 0.0305. The molecule has 3 rings (SSSR count). The summed E-state index contributed by atoms with van der Waals surface area (Å²) in [4.78, 5) is 16.5. The number of carbonyl (C=O) groups is 1. The molecule has 0 unspecified atom stereocenters. The molecule has 0 spiro atoms. The van der Waals surface area contributed by atoms with Gasteiger partial charge < -0.3 is 18.6 Å². The number of aromatic nitrogens is 1. The molecule has 0 bridgehead atoms. The summed E-state index contributed by atoms with van der Waals surface area (Å²) in [6.45, 7) is 8.65. The maximum absolute atomic E-state index is 12.6. The summed E-state index contributed by atoms with van der Waals surface area (Å²) in [6, 6.07) is 5.51. The molecule has 24 heavy (non-hydrogen) atoms. The molecule has 0 aliphatic carbocycles. The summed E-state index contributed by atoms with van der Waals surface area (Å²) >= 11 is 0. The second-order valence-electron chi connectivity index (χ2n) is 5.90. The monoisotopic (exact) mass is 333 g/mol. The van der Waals surface area contributed by atoms with Crippen LogP contribution in [0.1, 0.15) is 34.7 Å². The molecule has 7 nitrogen and oxygen atoms in total. The third kappa shape index (κ3) is 4.04. The van der Waals surface area contributed by atoms with Gasteiger partial charge in [-0.3, -0.25) is 9.69 Å². The Balaban J connectivity index is 1.62. The Hall–Kier alpha value is -2.12. The van der Waals surface area contributed by atoms with Crippen molar-refractivity contribution in [1.82, 2.24) is 15.0 Å². The zero-order valence-electron chi connectivity index (χ0n) is 14.2. The van der Waals surface area contributed by atoms with Gasteiger partial charge in [0.1, 0.15) is 11.5 Å². The topological polar surface area (TPSA) is 72.0 Å². The summed E-state index contributed by atoms with van der Waals surface area (Å²) in [5, 5.41) is 3.94. The number of nitrogens with zero attached hydrogens (tertiary/aromatic N) is 3. The quantitative estimate of drug-likeness (QED) is 0.806. The fourth-order valence-corrected chi connectivity index (χ4v) is 2.72. The molecule has 2 aromatic rings. The summed E-state index contributed by atoms with van der Waals surface area (Å²) < 4.78 is 16.2. The van der Waals surface area contributed by atoms with Gasteiger partial charge in [-0.15, -0.1) is 0 Å². The van der Waals surface area contributed by atoms with Crippen molar-refractivity contribution in [2.24, 2.45) is 0 Å². The van der Waals surface area contributed by atoms with Crippen LogP contribution in [-0.2, 0) is 17.8 Å². The summed E-state index contributed by atoms with van der Waals surface area (Å²) in [5.41, 5.74) is 0.336. The van der Waals surface area contributed by atoms with Crippen LogP contribution >= 0.6 is 0 Å². The molecule has 0 saturated carbocycles. The maximum atomic E-state index is 12.6. The van der Waals surface area contributed by atoms with E-state index in [1.54, 1.807) is 11.0 Å². The van der Waals surface area contributed by atoms with Crippen LogP contribution in [0.15, 0.2) is 27.1 Å². The highest BCUT2D eigenvalue weighted by Crippen LogP contribution is 2.14. The molecular weight excluding hydrogens is 310 g/mol. The largest absolute Gasteiger partial charge is 0.464 e. The van der Waals surface area contributed by atoms with Crippen molar-refractivity contribution < 1.29 is 18.5 Å². The maximum Gasteiger partial charge on any atom is 0.276 e. The number of aryl methyl sites for hydroxylation is 1. The Kier molecular flexibility index (Phi) is 5.32. The fraction of sp³-hybridized carbons (Fsp3) is 0.529. The van der Waals surface area contributed by atoms with Crippen LogP contribution in [0.3, 0.4) is 0 Å². The van der Waals surface area contributed by atoms with Gasteiger partial charge in [-0.2, -0.15) is 0 Å². The average molecular weight is 333 g/mol. The first-order valence-corrected chi connectivity index (χ1v) is 8.26. The molecular formula is C17H23N3O4. The smallest absolute Gasteiger partial charge is 0.276 e. The average Bonchev–Trinajstić information content (AvgIpc) is 3.22. The molecule has 3 heterocycles. The third-order valence-electron chi connectivity index (χ3n) is 4.07. The van der Waals surface area contributed by atoms with Crippen molar-refractivity contribution in [3.05, 3.63) is 41.2 Å². The highest BCUT2D eigenvalue weighted by molar-refractivity contribution is 5.92. The van der Waals surface area contributed by atoms with E-state index in [1.165, 1.54) is 0 Å². The van der Waals surface area contributed by atoms with E-state index in [9.17, 15) is 4.79 Å². The number of morpholine rings is 1. The van der Waals surface area contributed by atoms with Crippen molar-refractivity contribution in [2.45, 2.75) is 26.9 Å². The Morgan fingerprint density at radius 2 is 2.08 bits per heavy atom. The number of hydrogen-bond acceptors (Lipinski definition) is 6. The normalized spacial score (nSPS) is 15.6. The number of hydrogen-bond donors (Lipinski definition) is 0. The molecule has 0 aromatic carbocycles. The van der Waals surface area contributed by atoms with Gasteiger partial charge in [-0.25, -0.2) is 0 Å². The highest BCUT2D eigenvalue weighted by Gasteiger charge is 2.21. The van der Waals surface area contributed by atoms with Crippen LogP contribution in [0.25, 0.3) is 0 Å². The second kappa shape index (κ2) is 7.63. The number of ether oxygens (including phenoxy) is 1. The summed E-state index contributed by atoms with van der Waals surface area (Å²) in [7, 11) is 0. The molecule has 1 saturated heterocycles. The predicted molar refractivity (Wildman–Crippen MR) is 86.5 cm³/mol. The summed E-state index contributed by atoms with van der Waals surface area (Å²) in [5.74, 6) is 2.15. The number of amides is 1. The Morgan fingerprint density at radius 3 is 2.75 bits per heavy atom. The minimum atomic E-state index is -0.150. The fourth-order valence-electron chi connectivity index (χ4n) is 2.72. The summed E-state index contributed by atoms with van der Waals surface area (Å²) in [6.07, 6.45) is 0. The predicted octanol–water partition coefficient (Wildman–Crippen LogP) is 2.07. The van der Waals surface area contributed by atoms with E-state index in [0.29, 0.717) is 31.1 Å². The lowest BCUT2D eigenvalue weighted by atomic mass is 10.3. The van der Waals surface area contributed by atoms with Gasteiger partial charge in [0.15, 0.2) is 11.5 Å². The van der Waals surface area contributed by atoms with Crippen LogP contribution in [0.5, 0.6) is 0 Å². The zero-order valence-corrected chi connectivity index (χ0v) is 14.2. The molecule has 1 amide bonds. The van der Waals surface area contributed by atoms with Gasteiger partial charge in [0.2, 0.25) is 0 Å². The Morgan fingerprint density at radius 1 is 1.29 bits per heavy atom. The standard InChI is InChI=1S/C17H23N3O4/c1-3-20(12-14-5-4-13(2)23-14)17(21)16-10-15(24-18-16)11-19-6-8-22-9-7-19/h4-5,10H,3,6-9,11-12H2,1-2H3. The first-order chi connectivity index (χ1) is 11.7. The zero-order chi connectivity index (χ0) is 16.9. The number of furan rings is 1. The van der Waals surface area contributed by atoms with Gasteiger partial charge in [-0.05, 0) is 26.0 Å². The molecule has 130 valence electrons. The number of carbonyl (C=O) groups excluding carboxylic acids is 1. The molecule has 2 aromatic heterocycles. The van der Waals surface area contributed by atoms with Gasteiger partial charge in [0.25, 0.3) is 5.91 Å². The molecule has 7 heteroatoms. The molecule has 0 atom stereocenters. The molecule has 0 N–H and O–H groups in total. The van der Waals surface area contributed by atoms with Crippen LogP contribution in [-0.4, -0.2) is 53.7 Å². The van der Waals surface area contributed by atoms with Gasteiger partial charge in [-0.1, -0.05) is 5.16 Å². The van der Waals surface area contributed by atoms with Crippen LogP contribution < -0.4 is 0 Å². The first kappa shape index (κ1) is 16.7. The van der Waals surface area contributed by atoms with Crippen LogP contribution in [0, 0.1) is 6.92 Å². The van der Waals surface area contributed by atoms with Crippen molar-refractivity contribution in [2.75, 3.05) is 32.8 Å². The minimum absolute atomic E-state index is 0.150. The second-order valence-corrected chi connectivity index (χ2v) is 5.90. The third-order valence-corrected chi connectivity index (χ3v) is 4.07. The molecule has 1 aliphatic rings. The first-order valence-electron chi connectivity index (χ1n) is 8.26. The van der Waals surface area contributed by atoms with E-state index >= 15 is 0 Å². The van der Waals surface area contributed by atoms with E-state index in [4.69, 9.17) is 13.7 Å². The van der Waals surface area contributed by atoms with Crippen molar-refractivity contribution >= 4 is 5.91 Å². The lowest BCUT2D eigenvalue weighted by Crippen LogP contribution is -2.35. The molecule has 1 aliphatic heterocycles. The van der Waals surface area contributed by atoms with Gasteiger partial charge >= 0.3 is 0 Å². The minimum Gasteiger partial charge on any atom is -0.464 e. The van der Waals surface area contributed by atoms with E-state index in [2.05, 4.69) is 10.1 Å². The Bertz CT molecular complexity index is 673. The highest BCUT2D eigenvalue weighted by atomic mass is 16.5.